The number of nitrogens with zero attached hydrogens (tertiary/aromatic N) is 4. The third-order valence-electron chi connectivity index (χ3n) is 5.95. The Morgan fingerprint density at radius 3 is 2.40 bits per heavy atom. The van der Waals surface area contributed by atoms with E-state index in [-0.39, 0.29) is 0 Å². The molecule has 0 unspecified atom stereocenters. The van der Waals surface area contributed by atoms with Gasteiger partial charge in [0, 0.05) is 34.8 Å². The maximum absolute atomic E-state index is 6.42. The number of pyridine rings is 1. The van der Waals surface area contributed by atoms with E-state index in [2.05, 4.69) is 44.2 Å². The van der Waals surface area contributed by atoms with Crippen molar-refractivity contribution in [2.75, 3.05) is 5.73 Å². The number of nitrogen functional groups attached to an aromatic ring is 1. The van der Waals surface area contributed by atoms with Crippen molar-refractivity contribution in [2.45, 2.75) is 37.6 Å². The van der Waals surface area contributed by atoms with Crippen molar-refractivity contribution in [1.82, 2.24) is 19.6 Å². The van der Waals surface area contributed by atoms with Crippen molar-refractivity contribution < 1.29 is 0 Å². The fraction of sp³-hybridized carbons (Fsp3) is 0.261. The van der Waals surface area contributed by atoms with Crippen LogP contribution in [0.2, 0.25) is 0 Å². The molecule has 0 spiro atoms. The predicted octanol–water partition coefficient (Wildman–Crippen LogP) is 4.79. The summed E-state index contributed by atoms with van der Waals surface area (Å²) in [5.74, 6) is 0.929. The average molecular weight is 463 g/mol. The highest BCUT2D eigenvalue weighted by Crippen LogP contribution is 2.38. The van der Waals surface area contributed by atoms with Crippen LogP contribution >= 0.6 is 15.9 Å². The Kier molecular flexibility index (Phi) is 5.00. The van der Waals surface area contributed by atoms with Gasteiger partial charge >= 0.3 is 0 Å². The molecule has 6 nitrogen and oxygen atoms in total. The molecular formula is C23H23BrN6. The van der Waals surface area contributed by atoms with Crippen LogP contribution in [0.25, 0.3) is 28.0 Å². The van der Waals surface area contributed by atoms with Gasteiger partial charge in [-0.2, -0.15) is 9.61 Å². The van der Waals surface area contributed by atoms with E-state index in [1.54, 1.807) is 4.52 Å². The molecule has 4 aromatic rings. The predicted molar refractivity (Wildman–Crippen MR) is 123 cm³/mol. The van der Waals surface area contributed by atoms with Gasteiger partial charge in [0.05, 0.1) is 22.1 Å². The van der Waals surface area contributed by atoms with Gasteiger partial charge in [-0.05, 0) is 47.7 Å². The quantitative estimate of drug-likeness (QED) is 0.456. The van der Waals surface area contributed by atoms with E-state index in [0.717, 1.165) is 63.9 Å². The standard InChI is InChI=1S/C23H23BrN6/c24-20-21(15-6-9-17(25)10-7-15)29-23-18(13-28-30(23)22(20)26)16-8-11-19(27-12-16)14-4-2-1-3-5-14/h1-5,8,11-13,15,17H,6-7,9-10,25-26H2. The molecule has 0 radical (unpaired) electrons. The fourth-order valence-electron chi connectivity index (χ4n) is 4.21. The van der Waals surface area contributed by atoms with Crippen LogP contribution in [0.3, 0.4) is 0 Å². The highest BCUT2D eigenvalue weighted by atomic mass is 79.9. The number of halogens is 1. The van der Waals surface area contributed by atoms with Crippen LogP contribution in [0.15, 0.2) is 59.3 Å². The highest BCUT2D eigenvalue weighted by Gasteiger charge is 2.26. The monoisotopic (exact) mass is 462 g/mol. The van der Waals surface area contributed by atoms with Crippen molar-refractivity contribution in [3.8, 4) is 22.4 Å². The summed E-state index contributed by atoms with van der Waals surface area (Å²) >= 11 is 3.66. The van der Waals surface area contributed by atoms with Crippen LogP contribution in [0.4, 0.5) is 5.82 Å². The van der Waals surface area contributed by atoms with Gasteiger partial charge in [-0.3, -0.25) is 4.98 Å². The normalized spacial score (nSPS) is 19.3. The molecule has 1 aromatic carbocycles. The zero-order valence-electron chi connectivity index (χ0n) is 16.5. The summed E-state index contributed by atoms with van der Waals surface area (Å²) in [5, 5.41) is 4.49. The fourth-order valence-corrected chi connectivity index (χ4v) is 4.79. The third-order valence-corrected chi connectivity index (χ3v) is 6.76. The Labute approximate surface area is 183 Å². The molecule has 1 saturated carbocycles. The first-order valence-corrected chi connectivity index (χ1v) is 11.0. The number of fused-ring (bicyclic) bond motifs is 1. The molecule has 1 aliphatic rings. The van der Waals surface area contributed by atoms with Gasteiger partial charge in [0.25, 0.3) is 0 Å². The second kappa shape index (κ2) is 7.81. The van der Waals surface area contributed by atoms with Gasteiger partial charge in [-0.15, -0.1) is 0 Å². The summed E-state index contributed by atoms with van der Waals surface area (Å²) in [5.41, 5.74) is 18.2. The molecule has 4 N–H and O–H groups in total. The Morgan fingerprint density at radius 2 is 1.70 bits per heavy atom. The highest BCUT2D eigenvalue weighted by molar-refractivity contribution is 9.10. The molecule has 152 valence electrons. The molecule has 7 heteroatoms. The molecular weight excluding hydrogens is 440 g/mol. The molecule has 0 bridgehead atoms. The Balaban J connectivity index is 1.55. The van der Waals surface area contributed by atoms with Crippen LogP contribution < -0.4 is 11.5 Å². The number of rotatable bonds is 3. The topological polar surface area (TPSA) is 95.1 Å². The number of aromatic nitrogens is 4. The molecule has 0 aliphatic heterocycles. The summed E-state index contributed by atoms with van der Waals surface area (Å²) in [6, 6.07) is 14.5. The molecule has 0 atom stereocenters. The zero-order chi connectivity index (χ0) is 20.7. The van der Waals surface area contributed by atoms with Crippen molar-refractivity contribution >= 4 is 27.4 Å². The summed E-state index contributed by atoms with van der Waals surface area (Å²) in [6.07, 6.45) is 7.77. The van der Waals surface area contributed by atoms with E-state index < -0.39 is 0 Å². The van der Waals surface area contributed by atoms with Crippen molar-refractivity contribution in [3.63, 3.8) is 0 Å². The lowest BCUT2D eigenvalue weighted by Crippen LogP contribution is -2.26. The minimum absolute atomic E-state index is 0.292. The SMILES string of the molecule is Nc1c(Br)c(C2CCC(N)CC2)nc2c(-c3ccc(-c4ccccc4)nc3)cnn12. The van der Waals surface area contributed by atoms with Crippen LogP contribution in [-0.4, -0.2) is 25.6 Å². The average Bonchev–Trinajstić information content (AvgIpc) is 3.22. The molecule has 0 saturated heterocycles. The van der Waals surface area contributed by atoms with Crippen molar-refractivity contribution in [1.29, 1.82) is 0 Å². The Bertz CT molecular complexity index is 1180. The smallest absolute Gasteiger partial charge is 0.165 e. The van der Waals surface area contributed by atoms with Gasteiger partial charge < -0.3 is 11.5 Å². The third kappa shape index (κ3) is 3.38. The lowest BCUT2D eigenvalue weighted by Gasteiger charge is -2.26. The van der Waals surface area contributed by atoms with Crippen LogP contribution in [0.5, 0.6) is 0 Å². The maximum Gasteiger partial charge on any atom is 0.165 e. The number of hydrogen-bond acceptors (Lipinski definition) is 5. The second-order valence-electron chi connectivity index (χ2n) is 7.90. The van der Waals surface area contributed by atoms with E-state index in [1.165, 1.54) is 0 Å². The molecule has 0 amide bonds. The van der Waals surface area contributed by atoms with Gasteiger partial charge in [-0.25, -0.2) is 4.98 Å². The number of nitrogens with two attached hydrogens (primary N) is 2. The first kappa shape index (κ1) is 19.2. The molecule has 1 fully saturated rings. The Hall–Kier alpha value is -2.77. The number of benzene rings is 1. The molecule has 1 aliphatic carbocycles. The number of anilines is 1. The Morgan fingerprint density at radius 1 is 0.933 bits per heavy atom. The van der Waals surface area contributed by atoms with E-state index in [4.69, 9.17) is 16.5 Å². The summed E-state index contributed by atoms with van der Waals surface area (Å²) < 4.78 is 2.53. The van der Waals surface area contributed by atoms with Gasteiger partial charge in [-0.1, -0.05) is 36.4 Å². The van der Waals surface area contributed by atoms with Crippen LogP contribution in [0.1, 0.15) is 37.3 Å². The van der Waals surface area contributed by atoms with Crippen molar-refractivity contribution in [3.05, 3.63) is 65.0 Å². The van der Waals surface area contributed by atoms with Crippen LogP contribution in [0, 0.1) is 0 Å². The molecule has 5 rings (SSSR count). The zero-order valence-corrected chi connectivity index (χ0v) is 18.1. The van der Waals surface area contributed by atoms with E-state index in [9.17, 15) is 0 Å². The minimum Gasteiger partial charge on any atom is -0.383 e. The molecule has 30 heavy (non-hydrogen) atoms. The first-order chi connectivity index (χ1) is 14.6. The number of hydrogen-bond donors (Lipinski definition) is 2. The van der Waals surface area contributed by atoms with Gasteiger partial charge in [0.2, 0.25) is 0 Å². The molecule has 3 aromatic heterocycles. The molecule has 3 heterocycles. The maximum atomic E-state index is 6.42. The van der Waals surface area contributed by atoms with Gasteiger partial charge in [0.15, 0.2) is 5.65 Å². The van der Waals surface area contributed by atoms with Crippen molar-refractivity contribution in [2.24, 2.45) is 5.73 Å². The van der Waals surface area contributed by atoms with Gasteiger partial charge in [0.1, 0.15) is 5.82 Å². The summed E-state index contributed by atoms with van der Waals surface area (Å²) in [4.78, 5) is 9.66. The summed E-state index contributed by atoms with van der Waals surface area (Å²) in [6.45, 7) is 0. The lowest BCUT2D eigenvalue weighted by atomic mass is 9.84. The van der Waals surface area contributed by atoms with E-state index in [1.807, 2.05) is 36.7 Å². The van der Waals surface area contributed by atoms with E-state index >= 15 is 0 Å². The lowest BCUT2D eigenvalue weighted by molar-refractivity contribution is 0.390. The summed E-state index contributed by atoms with van der Waals surface area (Å²) in [7, 11) is 0. The van der Waals surface area contributed by atoms with Crippen LogP contribution in [-0.2, 0) is 0 Å². The minimum atomic E-state index is 0.292. The largest absolute Gasteiger partial charge is 0.383 e. The first-order valence-electron chi connectivity index (χ1n) is 10.2. The second-order valence-corrected chi connectivity index (χ2v) is 8.69. The van der Waals surface area contributed by atoms with E-state index in [0.29, 0.717) is 17.8 Å².